The fourth-order valence-electron chi connectivity index (χ4n) is 3.50. The predicted octanol–water partition coefficient (Wildman–Crippen LogP) is 1.88. The summed E-state index contributed by atoms with van der Waals surface area (Å²) in [5.41, 5.74) is 1.53. The van der Waals surface area contributed by atoms with E-state index in [1.54, 1.807) is 24.4 Å². The minimum atomic E-state index is -0.173. The van der Waals surface area contributed by atoms with Crippen molar-refractivity contribution >= 4 is 16.8 Å². The molecular formula is C20H20N4O2. The lowest BCUT2D eigenvalue weighted by atomic mass is 10.0. The summed E-state index contributed by atoms with van der Waals surface area (Å²) in [6, 6.07) is 13.1. The first-order valence-electron chi connectivity index (χ1n) is 8.82. The molecule has 6 nitrogen and oxygen atoms in total. The molecule has 0 N–H and O–H groups in total. The van der Waals surface area contributed by atoms with Crippen LogP contribution in [0, 0.1) is 5.92 Å². The third-order valence-electron chi connectivity index (χ3n) is 4.90. The van der Waals surface area contributed by atoms with Gasteiger partial charge in [0.2, 0.25) is 5.91 Å². The van der Waals surface area contributed by atoms with Crippen molar-refractivity contribution < 1.29 is 4.79 Å². The van der Waals surface area contributed by atoms with Crippen molar-refractivity contribution in [2.24, 2.45) is 5.92 Å². The van der Waals surface area contributed by atoms with E-state index in [-0.39, 0.29) is 18.0 Å². The van der Waals surface area contributed by atoms with Gasteiger partial charge in [-0.25, -0.2) is 4.98 Å². The molecule has 1 unspecified atom stereocenters. The summed E-state index contributed by atoms with van der Waals surface area (Å²) < 4.78 is 1.40. The first kappa shape index (κ1) is 16.4. The van der Waals surface area contributed by atoms with Gasteiger partial charge >= 0.3 is 0 Å². The lowest BCUT2D eigenvalue weighted by Gasteiger charge is -2.17. The van der Waals surface area contributed by atoms with E-state index in [0.717, 1.165) is 25.1 Å². The number of rotatable bonds is 4. The van der Waals surface area contributed by atoms with Gasteiger partial charge in [0.15, 0.2) is 0 Å². The molecule has 2 aromatic heterocycles. The number of para-hydroxylation sites is 1. The number of amides is 1. The maximum Gasteiger partial charge on any atom is 0.261 e. The summed E-state index contributed by atoms with van der Waals surface area (Å²) in [4.78, 5) is 35.6. The van der Waals surface area contributed by atoms with Crippen molar-refractivity contribution in [3.63, 3.8) is 0 Å². The fraction of sp³-hybridized carbons (Fsp3) is 0.300. The summed E-state index contributed by atoms with van der Waals surface area (Å²) in [7, 11) is 0. The second-order valence-electron chi connectivity index (χ2n) is 6.71. The van der Waals surface area contributed by atoms with E-state index < -0.39 is 0 Å². The number of fused-ring (bicyclic) bond motifs is 1. The van der Waals surface area contributed by atoms with Crippen LogP contribution in [-0.2, 0) is 17.8 Å². The zero-order valence-corrected chi connectivity index (χ0v) is 14.4. The van der Waals surface area contributed by atoms with Gasteiger partial charge in [-0.15, -0.1) is 0 Å². The Hall–Kier alpha value is -3.02. The normalized spacial score (nSPS) is 16.9. The van der Waals surface area contributed by atoms with Crippen LogP contribution in [0.3, 0.4) is 0 Å². The highest BCUT2D eigenvalue weighted by Crippen LogP contribution is 2.20. The molecule has 0 bridgehead atoms. The van der Waals surface area contributed by atoms with Gasteiger partial charge in [-0.05, 0) is 43.0 Å². The number of carbonyl (C=O) groups is 1. The average molecular weight is 348 g/mol. The van der Waals surface area contributed by atoms with Crippen LogP contribution in [0.5, 0.6) is 0 Å². The van der Waals surface area contributed by atoms with Gasteiger partial charge in [-0.2, -0.15) is 0 Å². The molecule has 1 saturated heterocycles. The van der Waals surface area contributed by atoms with Crippen LogP contribution >= 0.6 is 0 Å². The van der Waals surface area contributed by atoms with Crippen LogP contribution in [0.4, 0.5) is 0 Å². The number of pyridine rings is 1. The molecule has 1 aliphatic rings. The van der Waals surface area contributed by atoms with Gasteiger partial charge in [0.25, 0.3) is 5.56 Å². The van der Waals surface area contributed by atoms with Crippen LogP contribution < -0.4 is 5.56 Å². The number of carbonyl (C=O) groups excluding carboxylic acids is 1. The maximum absolute atomic E-state index is 12.6. The highest BCUT2D eigenvalue weighted by molar-refractivity contribution is 5.79. The highest BCUT2D eigenvalue weighted by atomic mass is 16.2. The summed E-state index contributed by atoms with van der Waals surface area (Å²) in [6.07, 6.45) is 5.10. The molecule has 0 saturated carbocycles. The highest BCUT2D eigenvalue weighted by Gasteiger charge is 2.26. The Balaban J connectivity index is 1.43. The van der Waals surface area contributed by atoms with Crippen molar-refractivity contribution in [1.29, 1.82) is 0 Å². The topological polar surface area (TPSA) is 68.1 Å². The average Bonchev–Trinajstić information content (AvgIpc) is 3.14. The minimum Gasteiger partial charge on any atom is -0.341 e. The fourth-order valence-corrected chi connectivity index (χ4v) is 3.50. The largest absolute Gasteiger partial charge is 0.341 e. The SMILES string of the molecule is O=C(Cn1cnc2ccccc2c1=O)N1CCC(Cc2ccccn2)C1. The Labute approximate surface area is 151 Å². The molecular weight excluding hydrogens is 328 g/mol. The van der Waals surface area contributed by atoms with Gasteiger partial charge in [0, 0.05) is 25.0 Å². The monoisotopic (exact) mass is 348 g/mol. The molecule has 0 aliphatic carbocycles. The molecule has 1 amide bonds. The Bertz CT molecular complexity index is 984. The number of hydrogen-bond donors (Lipinski definition) is 0. The predicted molar refractivity (Wildman–Crippen MR) is 98.6 cm³/mol. The van der Waals surface area contributed by atoms with E-state index >= 15 is 0 Å². The molecule has 1 aromatic carbocycles. The van der Waals surface area contributed by atoms with Crippen molar-refractivity contribution in [2.75, 3.05) is 13.1 Å². The molecule has 3 heterocycles. The third-order valence-corrected chi connectivity index (χ3v) is 4.90. The van der Waals surface area contributed by atoms with Crippen LogP contribution in [0.1, 0.15) is 12.1 Å². The lowest BCUT2D eigenvalue weighted by Crippen LogP contribution is -2.35. The van der Waals surface area contributed by atoms with Crippen LogP contribution in [0.2, 0.25) is 0 Å². The van der Waals surface area contributed by atoms with Gasteiger partial charge in [0.1, 0.15) is 6.54 Å². The molecule has 132 valence electrons. The molecule has 1 atom stereocenters. The zero-order valence-electron chi connectivity index (χ0n) is 14.4. The molecule has 4 rings (SSSR count). The molecule has 1 aliphatic heterocycles. The number of nitrogens with zero attached hydrogens (tertiary/aromatic N) is 4. The summed E-state index contributed by atoms with van der Waals surface area (Å²) >= 11 is 0. The maximum atomic E-state index is 12.6. The number of hydrogen-bond acceptors (Lipinski definition) is 4. The van der Waals surface area contributed by atoms with Gasteiger partial charge in [-0.1, -0.05) is 18.2 Å². The number of likely N-dealkylation sites (tertiary alicyclic amines) is 1. The number of aromatic nitrogens is 3. The second-order valence-corrected chi connectivity index (χ2v) is 6.71. The molecule has 26 heavy (non-hydrogen) atoms. The Morgan fingerprint density at radius 2 is 1.96 bits per heavy atom. The van der Waals surface area contributed by atoms with E-state index in [1.165, 1.54) is 10.9 Å². The summed E-state index contributed by atoms with van der Waals surface area (Å²) in [6.45, 7) is 1.48. The van der Waals surface area contributed by atoms with Gasteiger partial charge in [0.05, 0.1) is 17.2 Å². The zero-order chi connectivity index (χ0) is 17.9. The standard InChI is InChI=1S/C20H20N4O2/c25-19(13-24-14-22-18-7-2-1-6-17(18)20(24)26)23-10-8-15(12-23)11-16-5-3-4-9-21-16/h1-7,9,14-15H,8,10-13H2. The van der Waals surface area contributed by atoms with Crippen molar-refractivity contribution in [3.8, 4) is 0 Å². The smallest absolute Gasteiger partial charge is 0.261 e. The first-order chi connectivity index (χ1) is 12.7. The lowest BCUT2D eigenvalue weighted by molar-refractivity contribution is -0.131. The van der Waals surface area contributed by atoms with Crippen LogP contribution in [0.15, 0.2) is 59.8 Å². The van der Waals surface area contributed by atoms with Gasteiger partial charge < -0.3 is 4.90 Å². The summed E-state index contributed by atoms with van der Waals surface area (Å²) in [5.74, 6) is 0.382. The van der Waals surface area contributed by atoms with E-state index in [1.807, 2.05) is 29.2 Å². The van der Waals surface area contributed by atoms with E-state index in [4.69, 9.17) is 0 Å². The molecule has 0 radical (unpaired) electrons. The van der Waals surface area contributed by atoms with Crippen LogP contribution in [-0.4, -0.2) is 38.4 Å². The van der Waals surface area contributed by atoms with E-state index in [2.05, 4.69) is 9.97 Å². The summed E-state index contributed by atoms with van der Waals surface area (Å²) in [5, 5.41) is 0.539. The van der Waals surface area contributed by atoms with Crippen molar-refractivity contribution in [1.82, 2.24) is 19.4 Å². The van der Waals surface area contributed by atoms with Crippen molar-refractivity contribution in [2.45, 2.75) is 19.4 Å². The van der Waals surface area contributed by atoms with E-state index in [0.29, 0.717) is 23.4 Å². The quantitative estimate of drug-likeness (QED) is 0.722. The Morgan fingerprint density at radius 3 is 2.81 bits per heavy atom. The number of benzene rings is 1. The Kier molecular flexibility index (Phi) is 4.48. The molecule has 3 aromatic rings. The first-order valence-corrected chi connectivity index (χ1v) is 8.82. The van der Waals surface area contributed by atoms with Gasteiger partial charge in [-0.3, -0.25) is 19.1 Å². The minimum absolute atomic E-state index is 0.0345. The van der Waals surface area contributed by atoms with E-state index in [9.17, 15) is 9.59 Å². The Morgan fingerprint density at radius 1 is 1.12 bits per heavy atom. The van der Waals surface area contributed by atoms with Crippen molar-refractivity contribution in [3.05, 3.63) is 71.0 Å². The third kappa shape index (κ3) is 3.35. The molecule has 0 spiro atoms. The van der Waals surface area contributed by atoms with Crippen LogP contribution in [0.25, 0.3) is 10.9 Å². The molecule has 6 heteroatoms. The second kappa shape index (κ2) is 7.07. The molecule has 1 fully saturated rings.